The summed E-state index contributed by atoms with van der Waals surface area (Å²) in [6, 6.07) is 7.67. The summed E-state index contributed by atoms with van der Waals surface area (Å²) in [5.41, 5.74) is 2.44. The smallest absolute Gasteiger partial charge is 0.274 e. The van der Waals surface area contributed by atoms with E-state index in [1.807, 2.05) is 48.0 Å². The van der Waals surface area contributed by atoms with Crippen LogP contribution in [-0.4, -0.2) is 52.3 Å². The van der Waals surface area contributed by atoms with Crippen LogP contribution in [0.4, 0.5) is 0 Å². The number of hydrogen-bond acceptors (Lipinski definition) is 4. The Morgan fingerprint density at radius 1 is 1.27 bits per heavy atom. The molecule has 2 heterocycles. The third-order valence-corrected chi connectivity index (χ3v) is 4.63. The molecular formula is C16H19N3O2S. The number of carbonyl (C=O) groups is 1. The van der Waals surface area contributed by atoms with Gasteiger partial charge < -0.3 is 9.64 Å². The summed E-state index contributed by atoms with van der Waals surface area (Å²) in [6.07, 6.45) is 1.81. The quantitative estimate of drug-likeness (QED) is 0.872. The second-order valence-corrected chi connectivity index (χ2v) is 6.45. The van der Waals surface area contributed by atoms with Crippen molar-refractivity contribution in [3.63, 3.8) is 0 Å². The van der Waals surface area contributed by atoms with Gasteiger partial charge in [0.1, 0.15) is 11.4 Å². The summed E-state index contributed by atoms with van der Waals surface area (Å²) in [4.78, 5) is 14.3. The van der Waals surface area contributed by atoms with Gasteiger partial charge in [-0.25, -0.2) is 4.68 Å². The zero-order chi connectivity index (χ0) is 15.5. The van der Waals surface area contributed by atoms with Gasteiger partial charge in [0, 0.05) is 30.8 Å². The Morgan fingerprint density at radius 3 is 2.77 bits per heavy atom. The minimum Gasteiger partial charge on any atom is -0.494 e. The lowest BCUT2D eigenvalue weighted by atomic mass is 10.2. The highest BCUT2D eigenvalue weighted by atomic mass is 32.2. The van der Waals surface area contributed by atoms with Crippen LogP contribution < -0.4 is 4.74 Å². The number of methoxy groups -OCH3 is 1. The van der Waals surface area contributed by atoms with E-state index < -0.39 is 0 Å². The Kier molecular flexibility index (Phi) is 4.38. The van der Waals surface area contributed by atoms with Crippen LogP contribution in [0.3, 0.4) is 0 Å². The van der Waals surface area contributed by atoms with Crippen molar-refractivity contribution in [2.75, 3.05) is 31.7 Å². The molecule has 1 aliphatic heterocycles. The van der Waals surface area contributed by atoms with E-state index in [4.69, 9.17) is 4.74 Å². The fourth-order valence-corrected chi connectivity index (χ4v) is 3.38. The number of nitrogens with zero attached hydrogens (tertiary/aromatic N) is 3. The average Bonchev–Trinajstić information content (AvgIpc) is 3.04. The number of ether oxygens (including phenoxy) is 1. The van der Waals surface area contributed by atoms with Gasteiger partial charge >= 0.3 is 0 Å². The van der Waals surface area contributed by atoms with Crippen molar-refractivity contribution in [3.05, 3.63) is 41.7 Å². The number of aromatic nitrogens is 2. The lowest BCUT2D eigenvalue weighted by molar-refractivity contribution is 0.0766. The number of benzene rings is 1. The molecule has 0 bridgehead atoms. The van der Waals surface area contributed by atoms with Crippen molar-refractivity contribution in [3.8, 4) is 11.4 Å². The van der Waals surface area contributed by atoms with Crippen LogP contribution >= 0.6 is 11.8 Å². The molecule has 0 N–H and O–H groups in total. The van der Waals surface area contributed by atoms with Crippen LogP contribution in [0.25, 0.3) is 5.69 Å². The van der Waals surface area contributed by atoms with E-state index in [0.717, 1.165) is 41.6 Å². The maximum atomic E-state index is 12.5. The van der Waals surface area contributed by atoms with Crippen molar-refractivity contribution in [2.24, 2.45) is 0 Å². The molecule has 5 nitrogen and oxygen atoms in total. The summed E-state index contributed by atoms with van der Waals surface area (Å²) in [6.45, 7) is 3.61. The molecule has 1 aromatic heterocycles. The predicted molar refractivity (Wildman–Crippen MR) is 88.1 cm³/mol. The normalized spacial score (nSPS) is 14.9. The molecule has 3 rings (SSSR count). The fourth-order valence-electron chi connectivity index (χ4n) is 2.48. The first kappa shape index (κ1) is 15.0. The zero-order valence-corrected chi connectivity index (χ0v) is 13.6. The van der Waals surface area contributed by atoms with Gasteiger partial charge in [-0.05, 0) is 30.7 Å². The number of aryl methyl sites for hydroxylation is 1. The van der Waals surface area contributed by atoms with E-state index in [2.05, 4.69) is 5.10 Å². The van der Waals surface area contributed by atoms with Gasteiger partial charge in [-0.1, -0.05) is 6.07 Å². The molecule has 22 heavy (non-hydrogen) atoms. The Labute approximate surface area is 134 Å². The number of thioether (sulfide) groups is 1. The van der Waals surface area contributed by atoms with Gasteiger partial charge in [0.05, 0.1) is 7.11 Å². The van der Waals surface area contributed by atoms with E-state index in [9.17, 15) is 4.79 Å². The van der Waals surface area contributed by atoms with E-state index in [-0.39, 0.29) is 5.91 Å². The Morgan fingerprint density at radius 2 is 2.05 bits per heavy atom. The molecule has 1 saturated heterocycles. The largest absolute Gasteiger partial charge is 0.494 e. The van der Waals surface area contributed by atoms with Gasteiger partial charge in [0.2, 0.25) is 0 Å². The molecule has 0 saturated carbocycles. The Bertz CT molecular complexity index is 678. The molecule has 1 aromatic carbocycles. The number of hydrogen-bond donors (Lipinski definition) is 0. The van der Waals surface area contributed by atoms with Crippen molar-refractivity contribution < 1.29 is 9.53 Å². The molecule has 1 fully saturated rings. The SMILES string of the molecule is COc1ccc(C)cc1-n1ccc(C(=O)N2CCSCC2)n1. The molecule has 0 atom stereocenters. The molecule has 0 radical (unpaired) electrons. The van der Waals surface area contributed by atoms with Crippen LogP contribution in [0, 0.1) is 6.92 Å². The van der Waals surface area contributed by atoms with Crippen molar-refractivity contribution in [1.29, 1.82) is 0 Å². The van der Waals surface area contributed by atoms with Gasteiger partial charge in [-0.2, -0.15) is 16.9 Å². The van der Waals surface area contributed by atoms with Crippen molar-refractivity contribution in [1.82, 2.24) is 14.7 Å². The van der Waals surface area contributed by atoms with Gasteiger partial charge in [-0.3, -0.25) is 4.79 Å². The minimum absolute atomic E-state index is 0.00525. The number of amides is 1. The van der Waals surface area contributed by atoms with E-state index >= 15 is 0 Å². The molecule has 2 aromatic rings. The monoisotopic (exact) mass is 317 g/mol. The standard InChI is InChI=1S/C16H19N3O2S/c1-12-3-4-15(21-2)14(11-12)19-6-5-13(17-19)16(20)18-7-9-22-10-8-18/h3-6,11H,7-10H2,1-2H3. The highest BCUT2D eigenvalue weighted by Gasteiger charge is 2.21. The van der Waals surface area contributed by atoms with Crippen LogP contribution in [0.1, 0.15) is 16.1 Å². The van der Waals surface area contributed by atoms with Gasteiger partial charge in [0.25, 0.3) is 5.91 Å². The summed E-state index contributed by atoms with van der Waals surface area (Å²) in [7, 11) is 1.63. The summed E-state index contributed by atoms with van der Waals surface area (Å²) in [5, 5.41) is 4.44. The summed E-state index contributed by atoms with van der Waals surface area (Å²) >= 11 is 1.88. The van der Waals surface area contributed by atoms with Gasteiger partial charge in [0.15, 0.2) is 5.69 Å². The van der Waals surface area contributed by atoms with Crippen molar-refractivity contribution in [2.45, 2.75) is 6.92 Å². The summed E-state index contributed by atoms with van der Waals surface area (Å²) < 4.78 is 7.09. The second kappa shape index (κ2) is 6.44. The van der Waals surface area contributed by atoms with Crippen LogP contribution in [0.5, 0.6) is 5.75 Å². The minimum atomic E-state index is 0.00525. The second-order valence-electron chi connectivity index (χ2n) is 5.23. The molecule has 0 aliphatic carbocycles. The third-order valence-electron chi connectivity index (χ3n) is 3.69. The predicted octanol–water partition coefficient (Wildman–Crippen LogP) is 2.38. The lowest BCUT2D eigenvalue weighted by Crippen LogP contribution is -2.38. The molecule has 6 heteroatoms. The first-order chi connectivity index (χ1) is 10.7. The van der Waals surface area contributed by atoms with E-state index in [0.29, 0.717) is 5.69 Å². The highest BCUT2D eigenvalue weighted by Crippen LogP contribution is 2.23. The summed E-state index contributed by atoms with van der Waals surface area (Å²) in [5.74, 6) is 2.74. The average molecular weight is 317 g/mol. The van der Waals surface area contributed by atoms with Crippen molar-refractivity contribution >= 4 is 17.7 Å². The maximum Gasteiger partial charge on any atom is 0.274 e. The van der Waals surface area contributed by atoms with Gasteiger partial charge in [-0.15, -0.1) is 0 Å². The Balaban J connectivity index is 1.87. The fraction of sp³-hybridized carbons (Fsp3) is 0.375. The van der Waals surface area contributed by atoms with Crippen LogP contribution in [0.15, 0.2) is 30.5 Å². The number of rotatable bonds is 3. The molecular weight excluding hydrogens is 298 g/mol. The topological polar surface area (TPSA) is 47.4 Å². The van der Waals surface area contributed by atoms with E-state index in [1.165, 1.54) is 0 Å². The molecule has 1 amide bonds. The third kappa shape index (κ3) is 2.97. The number of carbonyl (C=O) groups excluding carboxylic acids is 1. The van der Waals surface area contributed by atoms with E-state index in [1.54, 1.807) is 17.9 Å². The molecule has 0 spiro atoms. The zero-order valence-electron chi connectivity index (χ0n) is 12.8. The first-order valence-electron chi connectivity index (χ1n) is 7.27. The molecule has 116 valence electrons. The first-order valence-corrected chi connectivity index (χ1v) is 8.42. The Hall–Kier alpha value is -1.95. The van der Waals surface area contributed by atoms with Crippen LogP contribution in [-0.2, 0) is 0 Å². The molecule has 1 aliphatic rings. The molecule has 0 unspecified atom stereocenters. The lowest BCUT2D eigenvalue weighted by Gasteiger charge is -2.25. The maximum absolute atomic E-state index is 12.5. The highest BCUT2D eigenvalue weighted by molar-refractivity contribution is 7.99. The van der Waals surface area contributed by atoms with Crippen LogP contribution in [0.2, 0.25) is 0 Å².